The minimum atomic E-state index is -0.989. The van der Waals surface area contributed by atoms with Crippen molar-refractivity contribution in [3.63, 3.8) is 0 Å². The molecule has 0 heterocycles. The lowest BCUT2D eigenvalue weighted by Gasteiger charge is -2.10. The molecule has 0 unspecified atom stereocenters. The van der Waals surface area contributed by atoms with Gasteiger partial charge in [-0.15, -0.1) is 0 Å². The van der Waals surface area contributed by atoms with Gasteiger partial charge in [0.2, 0.25) is 0 Å². The van der Waals surface area contributed by atoms with Crippen LogP contribution in [-0.2, 0) is 6.42 Å². The SMILES string of the molecule is C=C(C)/C(F)=C(/F)C(=C)CCc1ccc(-c2ccc(-c3ccccc3)c(F)c2F)cc1. The van der Waals surface area contributed by atoms with E-state index in [1.165, 1.54) is 6.92 Å². The van der Waals surface area contributed by atoms with Crippen molar-refractivity contribution in [2.45, 2.75) is 19.8 Å². The van der Waals surface area contributed by atoms with Crippen LogP contribution in [0.4, 0.5) is 17.6 Å². The van der Waals surface area contributed by atoms with Gasteiger partial charge in [-0.05, 0) is 47.6 Å². The normalized spacial score (nSPS) is 11.8. The first-order chi connectivity index (χ1) is 14.8. The van der Waals surface area contributed by atoms with Crippen molar-refractivity contribution < 1.29 is 17.6 Å². The van der Waals surface area contributed by atoms with Crippen molar-refractivity contribution in [2.75, 3.05) is 0 Å². The molecule has 0 atom stereocenters. The summed E-state index contributed by atoms with van der Waals surface area (Å²) in [5, 5.41) is 0. The van der Waals surface area contributed by atoms with Crippen LogP contribution in [0.2, 0.25) is 0 Å². The molecule has 0 saturated carbocycles. The van der Waals surface area contributed by atoms with Crippen LogP contribution < -0.4 is 0 Å². The minimum absolute atomic E-state index is 0.00976. The summed E-state index contributed by atoms with van der Waals surface area (Å²) in [5.41, 5.74) is 2.39. The number of benzene rings is 3. The van der Waals surface area contributed by atoms with Crippen molar-refractivity contribution in [2.24, 2.45) is 0 Å². The van der Waals surface area contributed by atoms with Crippen LogP contribution in [0.15, 0.2) is 103 Å². The van der Waals surface area contributed by atoms with Gasteiger partial charge in [0.1, 0.15) is 0 Å². The highest BCUT2D eigenvalue weighted by Crippen LogP contribution is 2.32. The van der Waals surface area contributed by atoms with E-state index in [4.69, 9.17) is 0 Å². The summed E-state index contributed by atoms with van der Waals surface area (Å²) in [6.45, 7) is 8.35. The highest BCUT2D eigenvalue weighted by atomic mass is 19.2. The Morgan fingerprint density at radius 1 is 0.710 bits per heavy atom. The second kappa shape index (κ2) is 9.61. The van der Waals surface area contributed by atoms with Crippen LogP contribution in [0.3, 0.4) is 0 Å². The fourth-order valence-electron chi connectivity index (χ4n) is 3.21. The van der Waals surface area contributed by atoms with Crippen molar-refractivity contribution in [3.05, 3.63) is 120 Å². The fourth-order valence-corrected chi connectivity index (χ4v) is 3.21. The Morgan fingerprint density at radius 2 is 1.23 bits per heavy atom. The Bertz CT molecular complexity index is 1140. The second-order valence-corrected chi connectivity index (χ2v) is 7.36. The second-order valence-electron chi connectivity index (χ2n) is 7.36. The third kappa shape index (κ3) is 5.02. The van der Waals surface area contributed by atoms with Crippen LogP contribution >= 0.6 is 0 Å². The third-order valence-corrected chi connectivity index (χ3v) is 5.03. The molecule has 0 saturated heterocycles. The largest absolute Gasteiger partial charge is 0.203 e. The predicted octanol–water partition coefficient (Wildman–Crippen LogP) is 8.51. The number of halogens is 4. The van der Waals surface area contributed by atoms with Crippen LogP contribution in [0, 0.1) is 11.6 Å². The molecular weight excluding hydrogens is 400 g/mol. The molecule has 3 aromatic rings. The average molecular weight is 422 g/mol. The fraction of sp³-hybridized carbons (Fsp3) is 0.111. The summed E-state index contributed by atoms with van der Waals surface area (Å²) in [4.78, 5) is 0. The minimum Gasteiger partial charge on any atom is -0.203 e. The summed E-state index contributed by atoms with van der Waals surface area (Å²) in [7, 11) is 0. The van der Waals surface area contributed by atoms with E-state index in [2.05, 4.69) is 13.2 Å². The number of hydrogen-bond acceptors (Lipinski definition) is 0. The van der Waals surface area contributed by atoms with E-state index in [0.717, 1.165) is 5.56 Å². The van der Waals surface area contributed by atoms with Gasteiger partial charge in [-0.25, -0.2) is 17.6 Å². The zero-order chi connectivity index (χ0) is 22.5. The first-order valence-corrected chi connectivity index (χ1v) is 9.81. The number of hydrogen-bond donors (Lipinski definition) is 0. The van der Waals surface area contributed by atoms with E-state index in [0.29, 0.717) is 17.5 Å². The number of rotatable bonds is 7. The number of allylic oxidation sites excluding steroid dienone is 4. The summed E-state index contributed by atoms with van der Waals surface area (Å²) < 4.78 is 57.0. The molecule has 0 N–H and O–H groups in total. The van der Waals surface area contributed by atoms with E-state index >= 15 is 0 Å². The first-order valence-electron chi connectivity index (χ1n) is 9.81. The smallest absolute Gasteiger partial charge is 0.167 e. The Labute approximate surface area is 179 Å². The van der Waals surface area contributed by atoms with Crippen LogP contribution in [0.5, 0.6) is 0 Å². The van der Waals surface area contributed by atoms with Crippen LogP contribution in [0.25, 0.3) is 22.3 Å². The maximum absolute atomic E-state index is 14.7. The van der Waals surface area contributed by atoms with Gasteiger partial charge in [-0.2, -0.15) is 0 Å². The maximum Gasteiger partial charge on any atom is 0.167 e. The molecule has 0 aromatic heterocycles. The summed E-state index contributed by atoms with van der Waals surface area (Å²) in [6, 6.07) is 18.8. The molecular formula is C27H22F4. The Balaban J connectivity index is 1.76. The Morgan fingerprint density at radius 3 is 1.74 bits per heavy atom. The maximum atomic E-state index is 14.7. The molecule has 0 nitrogen and oxygen atoms in total. The van der Waals surface area contributed by atoms with Gasteiger partial charge in [-0.3, -0.25) is 0 Å². The van der Waals surface area contributed by atoms with Gasteiger partial charge in [0, 0.05) is 11.1 Å². The predicted molar refractivity (Wildman–Crippen MR) is 119 cm³/mol. The van der Waals surface area contributed by atoms with Crippen molar-refractivity contribution >= 4 is 0 Å². The summed E-state index contributed by atoms with van der Waals surface area (Å²) in [6.07, 6.45) is 0.653. The van der Waals surface area contributed by atoms with Crippen molar-refractivity contribution in [3.8, 4) is 22.3 Å². The molecule has 31 heavy (non-hydrogen) atoms. The van der Waals surface area contributed by atoms with Crippen LogP contribution in [-0.4, -0.2) is 0 Å². The van der Waals surface area contributed by atoms with Crippen molar-refractivity contribution in [1.82, 2.24) is 0 Å². The zero-order valence-corrected chi connectivity index (χ0v) is 17.2. The topological polar surface area (TPSA) is 0 Å². The quantitative estimate of drug-likeness (QED) is 0.264. The van der Waals surface area contributed by atoms with Gasteiger partial charge in [-0.1, -0.05) is 79.9 Å². The lowest BCUT2D eigenvalue weighted by atomic mass is 9.97. The Hall–Kier alpha value is -3.40. The lowest BCUT2D eigenvalue weighted by Crippen LogP contribution is -1.95. The van der Waals surface area contributed by atoms with E-state index in [-0.39, 0.29) is 28.7 Å². The molecule has 0 aliphatic heterocycles. The average Bonchev–Trinajstić information content (AvgIpc) is 2.79. The highest BCUT2D eigenvalue weighted by Gasteiger charge is 2.16. The van der Waals surface area contributed by atoms with Gasteiger partial charge in [0.15, 0.2) is 23.3 Å². The molecule has 0 aliphatic rings. The van der Waals surface area contributed by atoms with E-state index in [9.17, 15) is 17.6 Å². The monoisotopic (exact) mass is 422 g/mol. The van der Waals surface area contributed by atoms with E-state index < -0.39 is 23.3 Å². The van der Waals surface area contributed by atoms with Gasteiger partial charge < -0.3 is 0 Å². The summed E-state index contributed by atoms with van der Waals surface area (Å²) in [5.74, 6) is -3.78. The molecule has 0 amide bonds. The zero-order valence-electron chi connectivity index (χ0n) is 17.2. The molecule has 4 heteroatoms. The number of aryl methyl sites for hydroxylation is 1. The molecule has 3 aromatic carbocycles. The summed E-state index contributed by atoms with van der Waals surface area (Å²) >= 11 is 0. The standard InChI is InChI=1S/C27H22F4/c1-17(2)24(28)25(29)18(3)9-10-19-11-13-21(14-12-19)23-16-15-22(26(30)27(23)31)20-7-5-4-6-8-20/h4-8,11-16H,1,3,9-10H2,2H3/b25-24-. The Kier molecular flexibility index (Phi) is 6.91. The van der Waals surface area contributed by atoms with E-state index in [1.807, 2.05) is 6.07 Å². The lowest BCUT2D eigenvalue weighted by molar-refractivity contribution is 0.514. The molecule has 0 bridgehead atoms. The molecule has 158 valence electrons. The molecule has 0 fully saturated rings. The van der Waals surface area contributed by atoms with E-state index in [1.54, 1.807) is 60.7 Å². The molecule has 0 spiro atoms. The molecule has 0 radical (unpaired) electrons. The van der Waals surface area contributed by atoms with Crippen LogP contribution in [0.1, 0.15) is 18.9 Å². The van der Waals surface area contributed by atoms with Gasteiger partial charge in [0.25, 0.3) is 0 Å². The molecule has 3 rings (SSSR count). The van der Waals surface area contributed by atoms with Gasteiger partial charge >= 0.3 is 0 Å². The molecule has 0 aliphatic carbocycles. The third-order valence-electron chi connectivity index (χ3n) is 5.03. The van der Waals surface area contributed by atoms with Gasteiger partial charge in [0.05, 0.1) is 0 Å². The highest BCUT2D eigenvalue weighted by molar-refractivity contribution is 5.71. The van der Waals surface area contributed by atoms with Crippen molar-refractivity contribution in [1.29, 1.82) is 0 Å². The first kappa shape index (κ1) is 22.3.